The molecule has 0 saturated carbocycles. The quantitative estimate of drug-likeness (QED) is 0.0602. The third-order valence-electron chi connectivity index (χ3n) is 8.06. The number of allylic oxidation sites excluding steroid dienone is 3. The number of rotatable bonds is 26. The molecule has 0 saturated heterocycles. The first kappa shape index (κ1) is 37.5. The van der Waals surface area contributed by atoms with Gasteiger partial charge in [-0.2, -0.15) is 0 Å². The van der Waals surface area contributed by atoms with Crippen LogP contribution >= 0.6 is 0 Å². The van der Waals surface area contributed by atoms with Crippen molar-refractivity contribution in [1.29, 1.82) is 0 Å². The maximum Gasteiger partial charge on any atom is 0.383 e. The summed E-state index contributed by atoms with van der Waals surface area (Å²) in [5, 5.41) is 0.686. The number of hydrogen-bond acceptors (Lipinski definition) is 5. The molecule has 0 atom stereocenters. The van der Waals surface area contributed by atoms with E-state index in [0.717, 1.165) is 38.5 Å². The Kier molecular flexibility index (Phi) is 20.2. The lowest BCUT2D eigenvalue weighted by molar-refractivity contribution is 0.266. The third-order valence-corrected chi connectivity index (χ3v) is 8.06. The van der Waals surface area contributed by atoms with Crippen LogP contribution in [0.25, 0.3) is 11.0 Å². The molecule has 2 aromatic rings. The fourth-order valence-corrected chi connectivity index (χ4v) is 5.34. The highest BCUT2D eigenvalue weighted by Gasteiger charge is 2.21. The highest BCUT2D eigenvalue weighted by Crippen LogP contribution is 2.39. The van der Waals surface area contributed by atoms with E-state index < -0.39 is 5.63 Å². The van der Waals surface area contributed by atoms with Crippen LogP contribution in [0.3, 0.4) is 0 Å². The second-order valence-electron chi connectivity index (χ2n) is 12.5. The fraction of sp³-hybridized carbons (Fsp3) is 0.667. The number of fused-ring (bicyclic) bond motifs is 1. The highest BCUT2D eigenvalue weighted by molar-refractivity contribution is 5.91. The summed E-state index contributed by atoms with van der Waals surface area (Å²) in [7, 11) is 0. The predicted octanol–water partition coefficient (Wildman–Crippen LogP) is 11.9. The molecule has 0 spiro atoms. The van der Waals surface area contributed by atoms with E-state index in [-0.39, 0.29) is 12.4 Å². The van der Waals surface area contributed by atoms with Crippen molar-refractivity contribution in [3.8, 4) is 17.2 Å². The van der Waals surface area contributed by atoms with Crippen LogP contribution in [0.15, 0.2) is 50.7 Å². The largest absolute Gasteiger partial charge is 0.493 e. The first-order valence-corrected chi connectivity index (χ1v) is 17.7. The molecule has 1 heterocycles. The summed E-state index contributed by atoms with van der Waals surface area (Å²) in [6.07, 6.45) is 25.9. The van der Waals surface area contributed by atoms with Crippen LogP contribution < -0.4 is 19.8 Å². The molecule has 5 heteroatoms. The summed E-state index contributed by atoms with van der Waals surface area (Å²) < 4.78 is 24.5. The van der Waals surface area contributed by atoms with Gasteiger partial charge in [-0.3, -0.25) is 0 Å². The molecular weight excluding hydrogens is 548 g/mol. The maximum absolute atomic E-state index is 13.1. The van der Waals surface area contributed by atoms with Crippen molar-refractivity contribution in [3.63, 3.8) is 0 Å². The lowest BCUT2D eigenvalue weighted by Crippen LogP contribution is -2.12. The molecule has 0 aliphatic rings. The lowest BCUT2D eigenvalue weighted by Gasteiger charge is -2.16. The predicted molar refractivity (Wildman–Crippen MR) is 187 cm³/mol. The Balaban J connectivity index is 2.12. The van der Waals surface area contributed by atoms with Crippen molar-refractivity contribution in [1.82, 2.24) is 0 Å². The molecule has 1 aromatic heterocycles. The molecule has 0 bridgehead atoms. The van der Waals surface area contributed by atoms with Gasteiger partial charge in [-0.25, -0.2) is 4.79 Å². The topological polar surface area (TPSA) is 57.9 Å². The molecule has 0 amide bonds. The number of hydrogen-bond donors (Lipinski definition) is 0. The molecule has 5 nitrogen and oxygen atoms in total. The van der Waals surface area contributed by atoms with Gasteiger partial charge in [0.25, 0.3) is 0 Å². The summed E-state index contributed by atoms with van der Waals surface area (Å²) in [5.74, 6) is 1.26. The molecule has 0 radical (unpaired) electrons. The Morgan fingerprint density at radius 2 is 1.25 bits per heavy atom. The third kappa shape index (κ3) is 15.3. The molecule has 248 valence electrons. The average Bonchev–Trinajstić information content (AvgIpc) is 3.00. The molecule has 0 aliphatic carbocycles. The molecule has 0 fully saturated rings. The molecule has 0 N–H and O–H groups in total. The Morgan fingerprint density at radius 3 is 1.84 bits per heavy atom. The SMILES string of the molecule is CCCCCCCCCCOc1cccc2oc(=O)c(OCC=C(C)CCC=C(C)C)c(OCCCCCCCCCC)c12. The highest BCUT2D eigenvalue weighted by atomic mass is 16.5. The van der Waals surface area contributed by atoms with Crippen LogP contribution in [-0.4, -0.2) is 19.8 Å². The van der Waals surface area contributed by atoms with Crippen LogP contribution in [0, 0.1) is 0 Å². The molecule has 44 heavy (non-hydrogen) atoms. The Morgan fingerprint density at radius 1 is 0.682 bits per heavy atom. The number of ether oxygens (including phenoxy) is 3. The van der Waals surface area contributed by atoms with Crippen molar-refractivity contribution < 1.29 is 18.6 Å². The molecule has 0 aliphatic heterocycles. The molecule has 2 rings (SSSR count). The van der Waals surface area contributed by atoms with Crippen molar-refractivity contribution in [2.75, 3.05) is 19.8 Å². The van der Waals surface area contributed by atoms with Gasteiger partial charge in [0, 0.05) is 0 Å². The maximum atomic E-state index is 13.1. The van der Waals surface area contributed by atoms with Crippen molar-refractivity contribution in [3.05, 3.63) is 51.9 Å². The summed E-state index contributed by atoms with van der Waals surface area (Å²) in [6, 6.07) is 5.61. The standard InChI is InChI=1S/C39H62O5/c1-6-8-10-12-14-16-18-20-29-41-34-26-23-27-35-36(34)37(42-30-21-19-17-15-13-11-9-7-2)38(39(40)44-35)43-31-28-33(5)25-22-24-32(3)4/h23-24,26-28H,6-22,25,29-31H2,1-5H3. The average molecular weight is 611 g/mol. The zero-order valence-corrected chi connectivity index (χ0v) is 28.8. The Hall–Kier alpha value is -2.69. The molecule has 1 aromatic carbocycles. The van der Waals surface area contributed by atoms with Gasteiger partial charge in [0.1, 0.15) is 23.3 Å². The first-order valence-electron chi connectivity index (χ1n) is 17.7. The van der Waals surface area contributed by atoms with Crippen molar-refractivity contribution in [2.45, 2.75) is 150 Å². The van der Waals surface area contributed by atoms with Crippen LogP contribution in [0.1, 0.15) is 150 Å². The second-order valence-corrected chi connectivity index (χ2v) is 12.5. The smallest absolute Gasteiger partial charge is 0.383 e. The van der Waals surface area contributed by atoms with Crippen molar-refractivity contribution >= 4 is 11.0 Å². The van der Waals surface area contributed by atoms with Gasteiger partial charge in [0.15, 0.2) is 5.75 Å². The van der Waals surface area contributed by atoms with Gasteiger partial charge >= 0.3 is 5.63 Å². The van der Waals surface area contributed by atoms with Gasteiger partial charge in [-0.05, 0) is 64.7 Å². The van der Waals surface area contributed by atoms with Crippen LogP contribution in [0.2, 0.25) is 0 Å². The van der Waals surface area contributed by atoms with E-state index >= 15 is 0 Å². The van der Waals surface area contributed by atoms with E-state index in [1.807, 2.05) is 18.2 Å². The van der Waals surface area contributed by atoms with E-state index in [1.54, 1.807) is 6.07 Å². The van der Waals surface area contributed by atoms with E-state index in [4.69, 9.17) is 18.6 Å². The van der Waals surface area contributed by atoms with Crippen molar-refractivity contribution in [2.24, 2.45) is 0 Å². The van der Waals surface area contributed by atoms with E-state index in [0.29, 0.717) is 35.7 Å². The van der Waals surface area contributed by atoms with Gasteiger partial charge in [-0.1, -0.05) is 127 Å². The first-order chi connectivity index (χ1) is 21.5. The number of benzene rings is 1. The Labute approximate surface area is 268 Å². The summed E-state index contributed by atoms with van der Waals surface area (Å²) >= 11 is 0. The second kappa shape index (κ2) is 23.7. The monoisotopic (exact) mass is 610 g/mol. The van der Waals surface area contributed by atoms with Gasteiger partial charge < -0.3 is 18.6 Å². The summed E-state index contributed by atoms with van der Waals surface area (Å²) in [5.41, 5.74) is 2.50. The van der Waals surface area contributed by atoms with Gasteiger partial charge in [0.2, 0.25) is 5.75 Å². The van der Waals surface area contributed by atoms with E-state index in [9.17, 15) is 4.79 Å². The summed E-state index contributed by atoms with van der Waals surface area (Å²) in [6.45, 7) is 12.3. The minimum Gasteiger partial charge on any atom is -0.493 e. The fourth-order valence-electron chi connectivity index (χ4n) is 5.34. The minimum atomic E-state index is -0.515. The van der Waals surface area contributed by atoms with E-state index in [2.05, 4.69) is 40.7 Å². The van der Waals surface area contributed by atoms with Crippen LogP contribution in [0.5, 0.6) is 17.2 Å². The lowest BCUT2D eigenvalue weighted by atomic mass is 10.1. The zero-order valence-electron chi connectivity index (χ0n) is 28.8. The minimum absolute atomic E-state index is 0.133. The number of unbranched alkanes of at least 4 members (excludes halogenated alkanes) is 14. The van der Waals surface area contributed by atoms with Crippen LogP contribution in [-0.2, 0) is 0 Å². The zero-order chi connectivity index (χ0) is 31.8. The normalized spacial score (nSPS) is 11.6. The van der Waals surface area contributed by atoms with E-state index in [1.165, 1.54) is 88.2 Å². The molecule has 0 unspecified atom stereocenters. The van der Waals surface area contributed by atoms with Crippen LogP contribution in [0.4, 0.5) is 0 Å². The van der Waals surface area contributed by atoms with Gasteiger partial charge in [-0.15, -0.1) is 0 Å². The Bertz CT molecular complexity index is 1160. The van der Waals surface area contributed by atoms with Gasteiger partial charge in [0.05, 0.1) is 13.2 Å². The summed E-state index contributed by atoms with van der Waals surface area (Å²) in [4.78, 5) is 13.1. The molecular formula is C39H62O5.